The molecule has 0 aliphatic carbocycles. The zero-order valence-electron chi connectivity index (χ0n) is 19.4. The molecule has 1 saturated heterocycles. The molecule has 3 rings (SSSR count). The highest BCUT2D eigenvalue weighted by Crippen LogP contribution is 2.26. The number of rotatable bonds is 7. The summed E-state index contributed by atoms with van der Waals surface area (Å²) in [4.78, 5) is 29.4. The van der Waals surface area contributed by atoms with Crippen molar-refractivity contribution >= 4 is 11.8 Å². The normalized spacial score (nSPS) is 16.8. The van der Waals surface area contributed by atoms with Crippen molar-refractivity contribution in [2.24, 2.45) is 7.05 Å². The van der Waals surface area contributed by atoms with Crippen LogP contribution in [0.2, 0.25) is 0 Å². The van der Waals surface area contributed by atoms with Gasteiger partial charge in [0.25, 0.3) is 0 Å². The number of ether oxygens (including phenoxy) is 1. The maximum absolute atomic E-state index is 13.0. The molecule has 2 heterocycles. The van der Waals surface area contributed by atoms with Gasteiger partial charge < -0.3 is 15.0 Å². The van der Waals surface area contributed by atoms with E-state index in [0.29, 0.717) is 26.2 Å². The third-order valence-corrected chi connectivity index (χ3v) is 6.20. The van der Waals surface area contributed by atoms with Gasteiger partial charge >= 0.3 is 0 Å². The van der Waals surface area contributed by atoms with Gasteiger partial charge in [-0.1, -0.05) is 6.07 Å². The van der Waals surface area contributed by atoms with Gasteiger partial charge in [-0.3, -0.25) is 19.2 Å². The summed E-state index contributed by atoms with van der Waals surface area (Å²) in [7, 11) is 5.31. The molecule has 168 valence electrons. The fourth-order valence-corrected chi connectivity index (χ4v) is 4.11. The minimum Gasteiger partial charge on any atom is -0.496 e. The van der Waals surface area contributed by atoms with E-state index in [-0.39, 0.29) is 18.2 Å². The predicted molar refractivity (Wildman–Crippen MR) is 119 cm³/mol. The van der Waals surface area contributed by atoms with Crippen molar-refractivity contribution in [1.82, 2.24) is 24.9 Å². The fraction of sp³-hybridized carbons (Fsp3) is 0.522. The smallest absolute Gasteiger partial charge is 0.237 e. The first-order chi connectivity index (χ1) is 14.7. The van der Waals surface area contributed by atoms with Gasteiger partial charge in [0.15, 0.2) is 0 Å². The SMILES string of the molecule is COc1ccc(CN2CCNC(=O)[C@@H]2CC(=O)N(C)Cc2cn(C)nc2C)c(C)c1C. The molecule has 0 saturated carbocycles. The molecule has 8 nitrogen and oxygen atoms in total. The Labute approximate surface area is 184 Å². The van der Waals surface area contributed by atoms with Crippen LogP contribution < -0.4 is 10.1 Å². The van der Waals surface area contributed by atoms with Crippen molar-refractivity contribution in [2.75, 3.05) is 27.2 Å². The highest BCUT2D eigenvalue weighted by atomic mass is 16.5. The summed E-state index contributed by atoms with van der Waals surface area (Å²) in [5, 5.41) is 7.25. The van der Waals surface area contributed by atoms with Crippen molar-refractivity contribution < 1.29 is 14.3 Å². The van der Waals surface area contributed by atoms with Crippen molar-refractivity contribution in [1.29, 1.82) is 0 Å². The van der Waals surface area contributed by atoms with Crippen LogP contribution in [0, 0.1) is 20.8 Å². The van der Waals surface area contributed by atoms with E-state index in [1.165, 1.54) is 0 Å². The number of hydrogen-bond acceptors (Lipinski definition) is 5. The van der Waals surface area contributed by atoms with Crippen molar-refractivity contribution in [2.45, 2.75) is 46.3 Å². The van der Waals surface area contributed by atoms with Crippen LogP contribution in [0.15, 0.2) is 18.3 Å². The Hall–Kier alpha value is -2.87. The summed E-state index contributed by atoms with van der Waals surface area (Å²) in [6, 6.07) is 3.52. The maximum Gasteiger partial charge on any atom is 0.237 e. The van der Waals surface area contributed by atoms with E-state index in [9.17, 15) is 9.59 Å². The molecule has 0 unspecified atom stereocenters. The molecule has 1 N–H and O–H groups in total. The second-order valence-electron chi connectivity index (χ2n) is 8.32. The van der Waals surface area contributed by atoms with Crippen LogP contribution in [0.5, 0.6) is 5.75 Å². The lowest BCUT2D eigenvalue weighted by Crippen LogP contribution is -2.56. The molecular formula is C23H33N5O3. The van der Waals surface area contributed by atoms with Crippen molar-refractivity contribution in [3.8, 4) is 5.75 Å². The zero-order chi connectivity index (χ0) is 22.7. The second kappa shape index (κ2) is 9.51. The summed E-state index contributed by atoms with van der Waals surface area (Å²) >= 11 is 0. The van der Waals surface area contributed by atoms with E-state index in [1.807, 2.05) is 39.2 Å². The molecule has 1 fully saturated rings. The number of aryl methyl sites for hydroxylation is 2. The van der Waals surface area contributed by atoms with E-state index < -0.39 is 6.04 Å². The summed E-state index contributed by atoms with van der Waals surface area (Å²) < 4.78 is 7.16. The molecule has 2 amide bonds. The number of carbonyl (C=O) groups excluding carboxylic acids is 2. The number of hydrogen-bond donors (Lipinski definition) is 1. The van der Waals surface area contributed by atoms with Gasteiger partial charge in [0.1, 0.15) is 5.75 Å². The van der Waals surface area contributed by atoms with Crippen LogP contribution in [0.3, 0.4) is 0 Å². The lowest BCUT2D eigenvalue weighted by atomic mass is 10.00. The number of carbonyl (C=O) groups is 2. The quantitative estimate of drug-likeness (QED) is 0.728. The lowest BCUT2D eigenvalue weighted by molar-refractivity contribution is -0.138. The highest BCUT2D eigenvalue weighted by Gasteiger charge is 2.33. The van der Waals surface area contributed by atoms with Crippen LogP contribution in [0.25, 0.3) is 0 Å². The van der Waals surface area contributed by atoms with E-state index in [1.54, 1.807) is 23.7 Å². The summed E-state index contributed by atoms with van der Waals surface area (Å²) in [5.41, 5.74) is 5.31. The fourth-order valence-electron chi connectivity index (χ4n) is 4.11. The average Bonchev–Trinajstić information content (AvgIpc) is 3.04. The summed E-state index contributed by atoms with van der Waals surface area (Å²) in [6.45, 7) is 8.43. The van der Waals surface area contributed by atoms with Crippen LogP contribution in [0.1, 0.15) is 34.4 Å². The molecular weight excluding hydrogens is 394 g/mol. The van der Waals surface area contributed by atoms with Crippen LogP contribution in [-0.2, 0) is 29.7 Å². The average molecular weight is 428 g/mol. The molecule has 0 radical (unpaired) electrons. The van der Waals surface area contributed by atoms with Crippen LogP contribution >= 0.6 is 0 Å². The number of methoxy groups -OCH3 is 1. The molecule has 1 aliphatic heterocycles. The first kappa shape index (κ1) is 22.8. The topological polar surface area (TPSA) is 79.7 Å². The third kappa shape index (κ3) is 5.07. The maximum atomic E-state index is 13.0. The Balaban J connectivity index is 1.72. The lowest BCUT2D eigenvalue weighted by Gasteiger charge is -2.36. The number of piperazine rings is 1. The molecule has 1 aliphatic rings. The van der Waals surface area contributed by atoms with Crippen LogP contribution in [0.4, 0.5) is 0 Å². The molecule has 0 spiro atoms. The van der Waals surface area contributed by atoms with Gasteiger partial charge in [-0.2, -0.15) is 5.10 Å². The standard InChI is InChI=1S/C23H33N5O3/c1-15-16(2)21(31-6)8-7-18(15)14-28-10-9-24-23(30)20(28)11-22(29)26(4)12-19-13-27(5)25-17(19)3/h7-8,13,20H,9-12,14H2,1-6H3,(H,24,30)/t20-/m0/s1. The zero-order valence-corrected chi connectivity index (χ0v) is 19.4. The van der Waals surface area contributed by atoms with Gasteiger partial charge in [-0.15, -0.1) is 0 Å². The molecule has 1 atom stereocenters. The number of benzene rings is 1. The molecule has 2 aromatic rings. The first-order valence-corrected chi connectivity index (χ1v) is 10.6. The largest absolute Gasteiger partial charge is 0.496 e. The van der Waals surface area contributed by atoms with Crippen molar-refractivity contribution in [3.05, 3.63) is 46.3 Å². The Bertz CT molecular complexity index is 968. The minimum atomic E-state index is -0.486. The Kier molecular flexibility index (Phi) is 7.00. The minimum absolute atomic E-state index is 0.0575. The van der Waals surface area contributed by atoms with E-state index in [2.05, 4.69) is 22.2 Å². The monoisotopic (exact) mass is 427 g/mol. The third-order valence-electron chi connectivity index (χ3n) is 6.20. The Morgan fingerprint density at radius 2 is 2.00 bits per heavy atom. The molecule has 1 aromatic heterocycles. The molecule has 1 aromatic carbocycles. The van der Waals surface area contributed by atoms with Crippen LogP contribution in [-0.4, -0.2) is 64.7 Å². The van der Waals surface area contributed by atoms with Gasteiger partial charge in [-0.05, 0) is 43.5 Å². The number of nitrogens with zero attached hydrogens (tertiary/aromatic N) is 4. The highest BCUT2D eigenvalue weighted by molar-refractivity contribution is 5.88. The summed E-state index contributed by atoms with van der Waals surface area (Å²) in [6.07, 6.45) is 2.07. The van der Waals surface area contributed by atoms with Gasteiger partial charge in [-0.25, -0.2) is 0 Å². The first-order valence-electron chi connectivity index (χ1n) is 10.6. The van der Waals surface area contributed by atoms with Crippen molar-refractivity contribution in [3.63, 3.8) is 0 Å². The Morgan fingerprint density at radius 1 is 1.26 bits per heavy atom. The number of nitrogens with one attached hydrogen (secondary N) is 1. The van der Waals surface area contributed by atoms with Gasteiger partial charge in [0.2, 0.25) is 11.8 Å². The van der Waals surface area contributed by atoms with E-state index >= 15 is 0 Å². The van der Waals surface area contributed by atoms with E-state index in [0.717, 1.165) is 33.7 Å². The number of aromatic nitrogens is 2. The van der Waals surface area contributed by atoms with Gasteiger partial charge in [0, 0.05) is 52.0 Å². The number of amides is 2. The second-order valence-corrected chi connectivity index (χ2v) is 8.32. The molecule has 8 heteroatoms. The molecule has 31 heavy (non-hydrogen) atoms. The van der Waals surface area contributed by atoms with E-state index in [4.69, 9.17) is 4.74 Å². The van der Waals surface area contributed by atoms with Gasteiger partial charge in [0.05, 0.1) is 25.3 Å². The Morgan fingerprint density at radius 3 is 2.65 bits per heavy atom. The predicted octanol–water partition coefficient (Wildman–Crippen LogP) is 1.70. The summed E-state index contributed by atoms with van der Waals surface area (Å²) in [5.74, 6) is 0.711. The molecule has 0 bridgehead atoms.